The van der Waals surface area contributed by atoms with Gasteiger partial charge in [0.25, 0.3) is 5.91 Å². The largest absolute Gasteiger partial charge is 0.332 e. The van der Waals surface area contributed by atoms with Crippen molar-refractivity contribution < 1.29 is 4.79 Å². The number of halogens is 1. The Morgan fingerprint density at radius 2 is 2.50 bits per heavy atom. The summed E-state index contributed by atoms with van der Waals surface area (Å²) in [5.41, 5.74) is -0.417. The number of aromatic nitrogens is 1. The van der Waals surface area contributed by atoms with Crippen LogP contribution in [0.2, 0.25) is 0 Å². The summed E-state index contributed by atoms with van der Waals surface area (Å²) in [6.07, 6.45) is 4.22. The van der Waals surface area contributed by atoms with Gasteiger partial charge in [0.1, 0.15) is 11.2 Å². The highest BCUT2D eigenvalue weighted by Gasteiger charge is 2.42. The van der Waals surface area contributed by atoms with Crippen molar-refractivity contribution in [1.29, 1.82) is 5.26 Å². The van der Waals surface area contributed by atoms with Gasteiger partial charge < -0.3 is 5.32 Å². The molecule has 1 fully saturated rings. The lowest BCUT2D eigenvalue weighted by atomic mass is 9.90. The Morgan fingerprint density at radius 1 is 1.72 bits per heavy atom. The van der Waals surface area contributed by atoms with Gasteiger partial charge in [0, 0.05) is 10.7 Å². The molecule has 1 N–H and O–H groups in total. The lowest BCUT2D eigenvalue weighted by molar-refractivity contribution is 0.0900. The number of rotatable bonds is 2. The predicted molar refractivity (Wildman–Crippen MR) is 70.8 cm³/mol. The number of amides is 1. The lowest BCUT2D eigenvalue weighted by Crippen LogP contribution is -2.49. The molecule has 2 atom stereocenters. The first-order chi connectivity index (χ1) is 8.59. The molecule has 0 aliphatic heterocycles. The maximum Gasteiger partial charge on any atom is 0.272 e. The third-order valence-corrected chi connectivity index (χ3v) is 4.20. The van der Waals surface area contributed by atoms with Crippen LogP contribution in [0, 0.1) is 17.2 Å². The fourth-order valence-corrected chi connectivity index (χ4v) is 2.81. The van der Waals surface area contributed by atoms with Crippen LogP contribution < -0.4 is 5.32 Å². The van der Waals surface area contributed by atoms with Crippen molar-refractivity contribution in [3.63, 3.8) is 0 Å². The molecule has 5 heteroatoms. The van der Waals surface area contributed by atoms with Crippen molar-refractivity contribution in [2.45, 2.75) is 31.7 Å². The average molecular weight is 308 g/mol. The van der Waals surface area contributed by atoms with E-state index in [9.17, 15) is 10.1 Å². The van der Waals surface area contributed by atoms with Crippen molar-refractivity contribution in [3.8, 4) is 6.07 Å². The Hall–Kier alpha value is -1.41. The second-order valence-electron chi connectivity index (χ2n) is 4.66. The van der Waals surface area contributed by atoms with E-state index in [1.54, 1.807) is 18.3 Å². The van der Waals surface area contributed by atoms with Crippen LogP contribution in [-0.2, 0) is 0 Å². The van der Waals surface area contributed by atoms with E-state index < -0.39 is 5.54 Å². The van der Waals surface area contributed by atoms with E-state index in [1.165, 1.54) is 0 Å². The molecule has 1 aromatic heterocycles. The molecule has 0 spiro atoms. The van der Waals surface area contributed by atoms with Gasteiger partial charge in [-0.15, -0.1) is 0 Å². The van der Waals surface area contributed by atoms with Crippen LogP contribution >= 0.6 is 15.9 Å². The molecule has 1 aliphatic carbocycles. The van der Waals surface area contributed by atoms with Gasteiger partial charge in [0.05, 0.1) is 6.07 Å². The van der Waals surface area contributed by atoms with E-state index >= 15 is 0 Å². The highest BCUT2D eigenvalue weighted by atomic mass is 79.9. The molecule has 0 saturated heterocycles. The summed E-state index contributed by atoms with van der Waals surface area (Å²) in [4.78, 5) is 16.2. The van der Waals surface area contributed by atoms with Crippen LogP contribution in [0.3, 0.4) is 0 Å². The number of pyridine rings is 1. The fraction of sp³-hybridized carbons (Fsp3) is 0.462. The Bertz CT molecular complexity index is 511. The number of hydrogen-bond acceptors (Lipinski definition) is 3. The monoisotopic (exact) mass is 307 g/mol. The molecule has 4 nitrogen and oxygen atoms in total. The smallest absolute Gasteiger partial charge is 0.272 e. The maximum atomic E-state index is 12.2. The molecule has 1 saturated carbocycles. The summed E-state index contributed by atoms with van der Waals surface area (Å²) in [7, 11) is 0. The number of hydrogen-bond donors (Lipinski definition) is 1. The minimum Gasteiger partial charge on any atom is -0.332 e. The third-order valence-electron chi connectivity index (χ3n) is 3.56. The van der Waals surface area contributed by atoms with Crippen LogP contribution in [0.4, 0.5) is 0 Å². The topological polar surface area (TPSA) is 65.8 Å². The minimum absolute atomic E-state index is 0.175. The molecule has 0 radical (unpaired) electrons. The molecule has 1 amide bonds. The average Bonchev–Trinajstić information content (AvgIpc) is 2.72. The van der Waals surface area contributed by atoms with Gasteiger partial charge in [0.2, 0.25) is 0 Å². The quantitative estimate of drug-likeness (QED) is 0.913. The number of nitrogens with one attached hydrogen (secondary N) is 1. The van der Waals surface area contributed by atoms with E-state index in [2.05, 4.69) is 32.3 Å². The molecule has 94 valence electrons. The van der Waals surface area contributed by atoms with Gasteiger partial charge in [-0.1, -0.05) is 6.92 Å². The lowest BCUT2D eigenvalue weighted by Gasteiger charge is -2.27. The van der Waals surface area contributed by atoms with Crippen LogP contribution in [0.5, 0.6) is 0 Å². The zero-order valence-corrected chi connectivity index (χ0v) is 11.7. The summed E-state index contributed by atoms with van der Waals surface area (Å²) >= 11 is 3.29. The molecule has 1 heterocycles. The second kappa shape index (κ2) is 5.07. The van der Waals surface area contributed by atoms with Gasteiger partial charge in [0.15, 0.2) is 0 Å². The van der Waals surface area contributed by atoms with Crippen molar-refractivity contribution >= 4 is 21.8 Å². The summed E-state index contributed by atoms with van der Waals surface area (Å²) in [6, 6.07) is 5.78. The van der Waals surface area contributed by atoms with Crippen molar-refractivity contribution in [3.05, 3.63) is 28.5 Å². The zero-order chi connectivity index (χ0) is 13.2. The summed E-state index contributed by atoms with van der Waals surface area (Å²) in [5, 5.41) is 12.2. The Kier molecular flexibility index (Phi) is 3.67. The van der Waals surface area contributed by atoms with Crippen LogP contribution in [0.1, 0.15) is 36.7 Å². The van der Waals surface area contributed by atoms with E-state index in [0.29, 0.717) is 16.6 Å². The van der Waals surface area contributed by atoms with Crippen molar-refractivity contribution in [2.75, 3.05) is 0 Å². The third kappa shape index (κ3) is 2.25. The first kappa shape index (κ1) is 13.0. The van der Waals surface area contributed by atoms with E-state index in [1.807, 2.05) is 6.92 Å². The first-order valence-electron chi connectivity index (χ1n) is 5.93. The number of nitrogens with zero attached hydrogens (tertiary/aromatic N) is 2. The fourth-order valence-electron chi connectivity index (χ4n) is 2.37. The number of carbonyl (C=O) groups is 1. The highest BCUT2D eigenvalue weighted by Crippen LogP contribution is 2.35. The van der Waals surface area contributed by atoms with Crippen molar-refractivity contribution in [2.24, 2.45) is 5.92 Å². The molecular weight excluding hydrogens is 294 g/mol. The molecular formula is C13H14BrN3O. The molecule has 2 rings (SSSR count). The van der Waals surface area contributed by atoms with Crippen molar-refractivity contribution in [1.82, 2.24) is 10.3 Å². The Labute approximate surface area is 115 Å². The molecule has 18 heavy (non-hydrogen) atoms. The maximum absolute atomic E-state index is 12.2. The minimum atomic E-state index is -0.742. The van der Waals surface area contributed by atoms with Crippen LogP contribution in [-0.4, -0.2) is 16.4 Å². The molecule has 0 aromatic carbocycles. The predicted octanol–water partition coefficient (Wildman–Crippen LogP) is 2.66. The molecule has 1 aromatic rings. The van der Waals surface area contributed by atoms with E-state index in [4.69, 9.17) is 0 Å². The summed E-state index contributed by atoms with van der Waals surface area (Å²) in [5.74, 6) is -0.119. The highest BCUT2D eigenvalue weighted by molar-refractivity contribution is 9.10. The van der Waals surface area contributed by atoms with Gasteiger partial charge in [-0.3, -0.25) is 4.79 Å². The zero-order valence-electron chi connectivity index (χ0n) is 10.1. The number of carbonyl (C=O) groups excluding carboxylic acids is 1. The second-order valence-corrected chi connectivity index (χ2v) is 5.52. The first-order valence-corrected chi connectivity index (χ1v) is 6.72. The molecule has 0 unspecified atom stereocenters. The van der Waals surface area contributed by atoms with E-state index in [-0.39, 0.29) is 11.8 Å². The van der Waals surface area contributed by atoms with Crippen LogP contribution in [0.15, 0.2) is 22.8 Å². The normalized spacial score (nSPS) is 26.6. The number of nitriles is 1. The Balaban J connectivity index is 2.22. The summed E-state index contributed by atoms with van der Waals surface area (Å²) < 4.78 is 0.640. The van der Waals surface area contributed by atoms with Gasteiger partial charge >= 0.3 is 0 Å². The van der Waals surface area contributed by atoms with Gasteiger partial charge in [-0.25, -0.2) is 4.98 Å². The summed E-state index contributed by atoms with van der Waals surface area (Å²) in [6.45, 7) is 2.00. The van der Waals surface area contributed by atoms with E-state index in [0.717, 1.165) is 12.8 Å². The molecule has 0 bridgehead atoms. The SMILES string of the molecule is C[C@@H]1CCC[C@@]1(C#N)NC(=O)c1ncccc1Br. The van der Waals surface area contributed by atoms with Gasteiger partial charge in [-0.05, 0) is 53.2 Å². The Morgan fingerprint density at radius 3 is 3.06 bits per heavy atom. The van der Waals surface area contributed by atoms with Gasteiger partial charge in [-0.2, -0.15) is 5.26 Å². The standard InChI is InChI=1S/C13H14BrN3O/c1-9-4-2-6-13(9,8-15)17-12(18)11-10(14)5-3-7-16-11/h3,5,7,9H,2,4,6H2,1H3,(H,17,18)/t9-,13+/m1/s1. The molecule has 1 aliphatic rings. The van der Waals surface area contributed by atoms with Crippen LogP contribution in [0.25, 0.3) is 0 Å².